The van der Waals surface area contributed by atoms with Crippen molar-refractivity contribution in [2.45, 2.75) is 20.4 Å². The molecule has 1 heterocycles. The average Bonchev–Trinajstić information content (AvgIpc) is 2.39. The second-order valence-corrected chi connectivity index (χ2v) is 4.46. The first-order valence-electron chi connectivity index (χ1n) is 5.97. The molecule has 98 valence electrons. The van der Waals surface area contributed by atoms with Gasteiger partial charge in [-0.15, -0.1) is 0 Å². The number of benzene rings is 1. The highest BCUT2D eigenvalue weighted by Gasteiger charge is 2.13. The number of anilines is 1. The van der Waals surface area contributed by atoms with Crippen molar-refractivity contribution in [2.75, 3.05) is 5.32 Å². The van der Waals surface area contributed by atoms with Crippen LogP contribution in [0.4, 0.5) is 11.4 Å². The summed E-state index contributed by atoms with van der Waals surface area (Å²) in [5.74, 6) is 0. The Morgan fingerprint density at radius 1 is 1.21 bits per heavy atom. The van der Waals surface area contributed by atoms with Crippen LogP contribution in [0.15, 0.2) is 36.5 Å². The maximum atomic E-state index is 11.0. The number of hydrogen-bond acceptors (Lipinski definition) is 4. The average molecular weight is 257 g/mol. The highest BCUT2D eigenvalue weighted by atomic mass is 16.6. The molecule has 0 aliphatic heterocycles. The van der Waals surface area contributed by atoms with E-state index in [1.54, 1.807) is 18.3 Å². The third-order valence-corrected chi connectivity index (χ3v) is 2.78. The van der Waals surface area contributed by atoms with Crippen molar-refractivity contribution in [2.24, 2.45) is 0 Å². The Labute approximate surface area is 111 Å². The fourth-order valence-electron chi connectivity index (χ4n) is 1.73. The van der Waals surface area contributed by atoms with Gasteiger partial charge in [-0.1, -0.05) is 12.1 Å². The van der Waals surface area contributed by atoms with Gasteiger partial charge in [0.15, 0.2) is 0 Å². The number of hydrogen-bond donors (Lipinski definition) is 1. The predicted octanol–water partition coefficient (Wildman–Crippen LogP) is 3.22. The second kappa shape index (κ2) is 5.48. The molecule has 0 fully saturated rings. The Hall–Kier alpha value is -2.43. The Kier molecular flexibility index (Phi) is 3.75. The summed E-state index contributed by atoms with van der Waals surface area (Å²) in [7, 11) is 0. The first kappa shape index (κ1) is 13.0. The molecule has 0 unspecified atom stereocenters. The minimum Gasteiger partial charge on any atom is -0.374 e. The summed E-state index contributed by atoms with van der Waals surface area (Å²) in [5, 5.41) is 14.0. The van der Waals surface area contributed by atoms with E-state index >= 15 is 0 Å². The van der Waals surface area contributed by atoms with E-state index in [1.165, 1.54) is 0 Å². The van der Waals surface area contributed by atoms with Gasteiger partial charge in [-0.25, -0.2) is 0 Å². The van der Waals surface area contributed by atoms with Gasteiger partial charge in [0.2, 0.25) is 0 Å². The smallest absolute Gasteiger partial charge is 0.292 e. The maximum absolute atomic E-state index is 11.0. The van der Waals surface area contributed by atoms with Crippen LogP contribution in [0.1, 0.15) is 16.8 Å². The maximum Gasteiger partial charge on any atom is 0.292 e. The molecule has 19 heavy (non-hydrogen) atoms. The quantitative estimate of drug-likeness (QED) is 0.674. The summed E-state index contributed by atoms with van der Waals surface area (Å²) in [4.78, 5) is 14.9. The number of aryl methyl sites for hydroxylation is 2. The topological polar surface area (TPSA) is 68.1 Å². The molecule has 0 aliphatic carbocycles. The van der Waals surface area contributed by atoms with Gasteiger partial charge < -0.3 is 5.32 Å². The van der Waals surface area contributed by atoms with Crippen molar-refractivity contribution in [1.82, 2.24) is 4.98 Å². The lowest BCUT2D eigenvalue weighted by Crippen LogP contribution is -2.04. The fraction of sp³-hybridized carbons (Fsp3) is 0.214. The Morgan fingerprint density at radius 2 is 1.95 bits per heavy atom. The summed E-state index contributed by atoms with van der Waals surface area (Å²) in [6, 6.07) is 9.00. The third kappa shape index (κ3) is 3.28. The highest BCUT2D eigenvalue weighted by molar-refractivity contribution is 5.62. The molecule has 0 spiro atoms. The van der Waals surface area contributed by atoms with Crippen LogP contribution in [0.5, 0.6) is 0 Å². The molecule has 5 heteroatoms. The minimum absolute atomic E-state index is 0.0899. The molecule has 0 radical (unpaired) electrons. The molecule has 0 saturated carbocycles. The number of pyridine rings is 1. The monoisotopic (exact) mass is 257 g/mol. The largest absolute Gasteiger partial charge is 0.374 e. The summed E-state index contributed by atoms with van der Waals surface area (Å²) >= 11 is 0. The molecule has 5 nitrogen and oxygen atoms in total. The fourth-order valence-corrected chi connectivity index (χ4v) is 1.73. The first-order valence-corrected chi connectivity index (χ1v) is 5.97. The van der Waals surface area contributed by atoms with Crippen molar-refractivity contribution in [3.8, 4) is 0 Å². The van der Waals surface area contributed by atoms with Crippen LogP contribution in [0, 0.1) is 24.0 Å². The molecule has 0 amide bonds. The van der Waals surface area contributed by atoms with Gasteiger partial charge >= 0.3 is 0 Å². The van der Waals surface area contributed by atoms with Gasteiger partial charge in [-0.3, -0.25) is 15.1 Å². The molecule has 0 saturated heterocycles. The van der Waals surface area contributed by atoms with Crippen LogP contribution < -0.4 is 5.32 Å². The van der Waals surface area contributed by atoms with Gasteiger partial charge in [-0.2, -0.15) is 0 Å². The molecule has 2 aromatic rings. The van der Waals surface area contributed by atoms with E-state index in [0.717, 1.165) is 16.8 Å². The van der Waals surface area contributed by atoms with Crippen LogP contribution >= 0.6 is 0 Å². The van der Waals surface area contributed by atoms with Crippen molar-refractivity contribution in [3.63, 3.8) is 0 Å². The summed E-state index contributed by atoms with van der Waals surface area (Å²) in [6.45, 7) is 4.26. The minimum atomic E-state index is -0.377. The van der Waals surface area contributed by atoms with Gasteiger partial charge in [0.1, 0.15) is 5.69 Å². The molecule has 0 aliphatic rings. The molecule has 1 aromatic carbocycles. The highest BCUT2D eigenvalue weighted by Crippen LogP contribution is 2.25. The molecular formula is C14H15N3O2. The van der Waals surface area contributed by atoms with Gasteiger partial charge in [-0.05, 0) is 37.1 Å². The Balaban J connectivity index is 2.15. The second-order valence-electron chi connectivity index (χ2n) is 4.46. The Bertz CT molecular complexity index is 594. The van der Waals surface area contributed by atoms with Crippen molar-refractivity contribution in [3.05, 3.63) is 63.5 Å². The molecule has 1 N–H and O–H groups in total. The van der Waals surface area contributed by atoms with Crippen LogP contribution in [-0.4, -0.2) is 9.91 Å². The molecular weight excluding hydrogens is 242 g/mol. The van der Waals surface area contributed by atoms with Gasteiger partial charge in [0, 0.05) is 12.3 Å². The van der Waals surface area contributed by atoms with E-state index in [9.17, 15) is 10.1 Å². The lowest BCUT2D eigenvalue weighted by molar-refractivity contribution is -0.384. The standard InChI is InChI=1S/C14H15N3O2/c1-10-4-6-13(14(7-10)17(18)19)16-9-12-5-3-11(2)8-15-12/h3-8,16H,9H2,1-2H3. The Morgan fingerprint density at radius 3 is 2.58 bits per heavy atom. The SMILES string of the molecule is Cc1ccc(CNc2ccc(C)cc2[N+](=O)[O-])nc1. The molecule has 0 atom stereocenters. The third-order valence-electron chi connectivity index (χ3n) is 2.78. The van der Waals surface area contributed by atoms with E-state index in [-0.39, 0.29) is 10.6 Å². The number of rotatable bonds is 4. The number of nitrogens with zero attached hydrogens (tertiary/aromatic N) is 2. The van der Waals surface area contributed by atoms with E-state index in [4.69, 9.17) is 0 Å². The summed E-state index contributed by atoms with van der Waals surface area (Å²) in [5.41, 5.74) is 3.40. The molecule has 1 aromatic heterocycles. The van der Waals surface area contributed by atoms with Crippen molar-refractivity contribution < 1.29 is 4.92 Å². The summed E-state index contributed by atoms with van der Waals surface area (Å²) in [6.07, 6.45) is 1.78. The number of aromatic nitrogens is 1. The zero-order chi connectivity index (χ0) is 13.8. The van der Waals surface area contributed by atoms with E-state index in [0.29, 0.717) is 12.2 Å². The van der Waals surface area contributed by atoms with Crippen LogP contribution in [0.2, 0.25) is 0 Å². The van der Waals surface area contributed by atoms with Gasteiger partial charge in [0.05, 0.1) is 17.2 Å². The normalized spacial score (nSPS) is 10.2. The zero-order valence-electron chi connectivity index (χ0n) is 10.9. The van der Waals surface area contributed by atoms with Crippen LogP contribution in [0.25, 0.3) is 0 Å². The number of nitro benzene ring substituents is 1. The first-order chi connectivity index (χ1) is 9.06. The van der Waals surface area contributed by atoms with Crippen molar-refractivity contribution >= 4 is 11.4 Å². The predicted molar refractivity (Wildman–Crippen MR) is 74.1 cm³/mol. The zero-order valence-corrected chi connectivity index (χ0v) is 10.9. The van der Waals surface area contributed by atoms with Crippen LogP contribution in [-0.2, 0) is 6.54 Å². The van der Waals surface area contributed by atoms with Crippen LogP contribution in [0.3, 0.4) is 0 Å². The van der Waals surface area contributed by atoms with E-state index in [2.05, 4.69) is 10.3 Å². The molecule has 0 bridgehead atoms. The van der Waals surface area contributed by atoms with Gasteiger partial charge in [0.25, 0.3) is 5.69 Å². The van der Waals surface area contributed by atoms with Crippen molar-refractivity contribution in [1.29, 1.82) is 0 Å². The number of nitro groups is 1. The number of nitrogens with one attached hydrogen (secondary N) is 1. The van der Waals surface area contributed by atoms with E-state index < -0.39 is 0 Å². The lowest BCUT2D eigenvalue weighted by atomic mass is 10.2. The van der Waals surface area contributed by atoms with E-state index in [1.807, 2.05) is 32.0 Å². The lowest BCUT2D eigenvalue weighted by Gasteiger charge is -2.07. The summed E-state index contributed by atoms with van der Waals surface area (Å²) < 4.78 is 0. The molecule has 2 rings (SSSR count).